The molecule has 0 radical (unpaired) electrons. The molecule has 2 bridgehead atoms. The summed E-state index contributed by atoms with van der Waals surface area (Å²) >= 11 is 0. The predicted octanol–water partition coefficient (Wildman–Crippen LogP) is 3.10. The molecule has 76 valence electrons. The molecule has 1 heteroatoms. The maximum atomic E-state index is 11.6. The van der Waals surface area contributed by atoms with Gasteiger partial charge in [0.25, 0.3) is 0 Å². The van der Waals surface area contributed by atoms with Crippen LogP contribution in [0.3, 0.4) is 0 Å². The Kier molecular flexibility index (Phi) is 1.68. The average Bonchev–Trinajstić information content (AvgIpc) is 2.54. The van der Waals surface area contributed by atoms with Crippen molar-refractivity contribution in [3.63, 3.8) is 0 Å². The van der Waals surface area contributed by atoms with E-state index in [1.807, 2.05) is 0 Å². The first kappa shape index (κ1) is 8.70. The first-order valence-electron chi connectivity index (χ1n) is 5.89. The number of rotatable bonds is 0. The number of carbonyl (C=O) groups is 1. The van der Waals surface area contributed by atoms with E-state index >= 15 is 0 Å². The highest BCUT2D eigenvalue weighted by molar-refractivity contribution is 5.79. The smallest absolute Gasteiger partial charge is 0.133 e. The highest BCUT2D eigenvalue weighted by Gasteiger charge is 2.53. The lowest BCUT2D eigenvalue weighted by atomic mass is 9.71. The summed E-state index contributed by atoms with van der Waals surface area (Å²) < 4.78 is 0. The van der Waals surface area contributed by atoms with E-state index in [4.69, 9.17) is 0 Å². The molecule has 0 amide bonds. The number of Topliss-reactive ketones (excluding diaryl/α,β-unsaturated/α-hetero) is 1. The largest absolute Gasteiger partial charge is 0.300 e. The molecular formula is C13H18O. The Hall–Kier alpha value is -0.590. The number of hydrogen-bond donors (Lipinski definition) is 0. The van der Waals surface area contributed by atoms with Crippen LogP contribution in [0.1, 0.15) is 44.9 Å². The molecule has 3 fully saturated rings. The molecule has 14 heavy (non-hydrogen) atoms. The van der Waals surface area contributed by atoms with Crippen molar-refractivity contribution < 1.29 is 4.79 Å². The zero-order valence-electron chi connectivity index (χ0n) is 8.72. The van der Waals surface area contributed by atoms with Crippen LogP contribution in [0.15, 0.2) is 12.2 Å². The second kappa shape index (κ2) is 2.71. The van der Waals surface area contributed by atoms with E-state index in [9.17, 15) is 4.79 Å². The molecule has 0 heterocycles. The van der Waals surface area contributed by atoms with E-state index in [0.717, 1.165) is 25.2 Å². The molecule has 3 aliphatic carbocycles. The summed E-state index contributed by atoms with van der Waals surface area (Å²) in [6.07, 6.45) is 8.00. The monoisotopic (exact) mass is 190 g/mol. The number of ketones is 1. The van der Waals surface area contributed by atoms with Crippen LogP contribution in [0.2, 0.25) is 0 Å². The van der Waals surface area contributed by atoms with Gasteiger partial charge in [0.15, 0.2) is 0 Å². The molecule has 1 spiro atoms. The second-order valence-electron chi connectivity index (χ2n) is 5.63. The van der Waals surface area contributed by atoms with Gasteiger partial charge in [-0.15, -0.1) is 0 Å². The maximum absolute atomic E-state index is 11.6. The quantitative estimate of drug-likeness (QED) is 0.536. The van der Waals surface area contributed by atoms with Crippen molar-refractivity contribution in [1.29, 1.82) is 0 Å². The fourth-order valence-electron chi connectivity index (χ4n) is 4.17. The third-order valence-corrected chi connectivity index (χ3v) is 4.85. The van der Waals surface area contributed by atoms with Gasteiger partial charge >= 0.3 is 0 Å². The third-order valence-electron chi connectivity index (χ3n) is 4.85. The van der Waals surface area contributed by atoms with Gasteiger partial charge in [-0.3, -0.25) is 4.79 Å². The van der Waals surface area contributed by atoms with Crippen LogP contribution in [0, 0.1) is 17.3 Å². The standard InChI is InChI=1S/C13H18O/c1-9-7-13-4-2-3-12(14)6-11(13)5-10(9)8-13/h10-11H,1-8H2/t10-,11+,13-/m0/s1. The SMILES string of the molecule is C=C1C[C@]23CCCC(=O)C[C@H]2C[C@H]1C3. The number of carbonyl (C=O) groups excluding carboxylic acids is 1. The molecular weight excluding hydrogens is 172 g/mol. The van der Waals surface area contributed by atoms with E-state index < -0.39 is 0 Å². The molecule has 0 N–H and O–H groups in total. The first-order chi connectivity index (χ1) is 6.70. The van der Waals surface area contributed by atoms with Gasteiger partial charge in [-0.2, -0.15) is 0 Å². The van der Waals surface area contributed by atoms with Gasteiger partial charge < -0.3 is 0 Å². The minimum Gasteiger partial charge on any atom is -0.300 e. The van der Waals surface area contributed by atoms with Crippen LogP contribution < -0.4 is 0 Å². The summed E-state index contributed by atoms with van der Waals surface area (Å²) in [6, 6.07) is 0. The van der Waals surface area contributed by atoms with Gasteiger partial charge in [-0.05, 0) is 49.4 Å². The highest BCUT2D eigenvalue weighted by atomic mass is 16.1. The zero-order valence-corrected chi connectivity index (χ0v) is 8.72. The summed E-state index contributed by atoms with van der Waals surface area (Å²) in [6.45, 7) is 4.19. The van der Waals surface area contributed by atoms with Crippen molar-refractivity contribution in [1.82, 2.24) is 0 Å². The van der Waals surface area contributed by atoms with E-state index in [-0.39, 0.29) is 0 Å². The third kappa shape index (κ3) is 1.04. The minimum absolute atomic E-state index is 0.519. The molecule has 3 saturated carbocycles. The lowest BCUT2D eigenvalue weighted by Crippen LogP contribution is -2.25. The molecule has 0 aromatic rings. The molecule has 3 atom stereocenters. The minimum atomic E-state index is 0.519. The van der Waals surface area contributed by atoms with Crippen molar-refractivity contribution in [2.75, 3.05) is 0 Å². The van der Waals surface area contributed by atoms with Crippen molar-refractivity contribution in [2.24, 2.45) is 17.3 Å². The summed E-state index contributed by atoms with van der Waals surface area (Å²) in [5, 5.41) is 0. The lowest BCUT2D eigenvalue weighted by molar-refractivity contribution is -0.120. The van der Waals surface area contributed by atoms with E-state index in [1.165, 1.54) is 31.3 Å². The summed E-state index contributed by atoms with van der Waals surface area (Å²) in [5.41, 5.74) is 2.00. The van der Waals surface area contributed by atoms with E-state index in [0.29, 0.717) is 17.1 Å². The Bertz CT molecular complexity index is 304. The molecule has 0 unspecified atom stereocenters. The Morgan fingerprint density at radius 2 is 2.29 bits per heavy atom. The van der Waals surface area contributed by atoms with Crippen LogP contribution in [-0.2, 0) is 4.79 Å². The number of hydrogen-bond acceptors (Lipinski definition) is 1. The summed E-state index contributed by atoms with van der Waals surface area (Å²) in [4.78, 5) is 11.6. The fourth-order valence-corrected chi connectivity index (χ4v) is 4.17. The van der Waals surface area contributed by atoms with Crippen LogP contribution in [0.4, 0.5) is 0 Å². The molecule has 0 saturated heterocycles. The molecule has 1 nitrogen and oxygen atoms in total. The van der Waals surface area contributed by atoms with E-state index in [1.54, 1.807) is 0 Å². The molecule has 0 aliphatic heterocycles. The molecule has 0 aromatic carbocycles. The second-order valence-corrected chi connectivity index (χ2v) is 5.63. The highest BCUT2D eigenvalue weighted by Crippen LogP contribution is 2.63. The van der Waals surface area contributed by atoms with Crippen LogP contribution >= 0.6 is 0 Å². The van der Waals surface area contributed by atoms with Gasteiger partial charge in [0.05, 0.1) is 0 Å². The first-order valence-corrected chi connectivity index (χ1v) is 5.89. The Morgan fingerprint density at radius 3 is 3.07 bits per heavy atom. The van der Waals surface area contributed by atoms with Crippen LogP contribution in [0.25, 0.3) is 0 Å². The molecule has 3 rings (SSSR count). The van der Waals surface area contributed by atoms with Crippen molar-refractivity contribution in [3.8, 4) is 0 Å². The number of allylic oxidation sites excluding steroid dienone is 1. The van der Waals surface area contributed by atoms with Crippen molar-refractivity contribution in [2.45, 2.75) is 44.9 Å². The molecule has 0 aromatic heterocycles. The Labute approximate surface area is 85.6 Å². The van der Waals surface area contributed by atoms with E-state index in [2.05, 4.69) is 6.58 Å². The Balaban J connectivity index is 1.92. The maximum Gasteiger partial charge on any atom is 0.133 e. The van der Waals surface area contributed by atoms with Crippen LogP contribution in [-0.4, -0.2) is 5.78 Å². The zero-order chi connectivity index (χ0) is 9.76. The van der Waals surface area contributed by atoms with Gasteiger partial charge in [0.1, 0.15) is 5.78 Å². The van der Waals surface area contributed by atoms with Gasteiger partial charge in [0.2, 0.25) is 0 Å². The number of fused-ring (bicyclic) bond motifs is 1. The van der Waals surface area contributed by atoms with Crippen molar-refractivity contribution in [3.05, 3.63) is 12.2 Å². The predicted molar refractivity (Wildman–Crippen MR) is 55.9 cm³/mol. The van der Waals surface area contributed by atoms with Gasteiger partial charge in [-0.25, -0.2) is 0 Å². The Morgan fingerprint density at radius 1 is 1.43 bits per heavy atom. The lowest BCUT2D eigenvalue weighted by Gasteiger charge is -2.33. The van der Waals surface area contributed by atoms with Gasteiger partial charge in [-0.1, -0.05) is 12.2 Å². The molecule has 3 aliphatic rings. The van der Waals surface area contributed by atoms with Gasteiger partial charge in [0, 0.05) is 12.8 Å². The summed E-state index contributed by atoms with van der Waals surface area (Å²) in [7, 11) is 0. The fraction of sp³-hybridized carbons (Fsp3) is 0.769. The topological polar surface area (TPSA) is 17.1 Å². The van der Waals surface area contributed by atoms with Crippen molar-refractivity contribution >= 4 is 5.78 Å². The average molecular weight is 190 g/mol. The normalized spacial score (nSPS) is 46.6. The summed E-state index contributed by atoms with van der Waals surface area (Å²) in [5.74, 6) is 2.00. The van der Waals surface area contributed by atoms with Crippen LogP contribution in [0.5, 0.6) is 0 Å².